The topological polar surface area (TPSA) is 49.9 Å². The van der Waals surface area contributed by atoms with E-state index in [4.69, 9.17) is 4.74 Å². The molecule has 0 aromatic heterocycles. The molecule has 2 saturated heterocycles. The fourth-order valence-corrected chi connectivity index (χ4v) is 3.76. The van der Waals surface area contributed by atoms with Crippen molar-refractivity contribution in [3.8, 4) is 0 Å². The summed E-state index contributed by atoms with van der Waals surface area (Å²) in [6, 6.07) is 7.81. The molecule has 1 aromatic rings. The molecule has 2 heterocycles. The molecule has 3 rings (SSSR count). The number of amides is 2. The Labute approximate surface area is 151 Å². The fraction of sp³-hybridized carbons (Fsp3) is 0.556. The van der Waals surface area contributed by atoms with Gasteiger partial charge >= 0.3 is 0 Å². The number of likely N-dealkylation sites (tertiary alicyclic amines) is 1. The largest absolute Gasteiger partial charge is 0.378 e. The number of nitrogens with zero attached hydrogens (tertiary/aromatic N) is 2. The highest BCUT2D eigenvalue weighted by Crippen LogP contribution is 2.22. The van der Waals surface area contributed by atoms with E-state index in [0.717, 1.165) is 22.9 Å². The molecular weight excluding hydrogens is 372 g/mol. The maximum Gasteiger partial charge on any atom is 0.227 e. The summed E-state index contributed by atoms with van der Waals surface area (Å²) in [7, 11) is 0. The van der Waals surface area contributed by atoms with E-state index in [1.165, 1.54) is 0 Å². The van der Waals surface area contributed by atoms with E-state index in [0.29, 0.717) is 45.8 Å². The van der Waals surface area contributed by atoms with Gasteiger partial charge in [-0.25, -0.2) is 0 Å². The van der Waals surface area contributed by atoms with Crippen molar-refractivity contribution < 1.29 is 14.3 Å². The van der Waals surface area contributed by atoms with Gasteiger partial charge in [0.25, 0.3) is 0 Å². The normalized spacial score (nSPS) is 19.4. The van der Waals surface area contributed by atoms with Gasteiger partial charge in [-0.15, -0.1) is 0 Å². The number of carbonyl (C=O) groups is 2. The van der Waals surface area contributed by atoms with Crippen molar-refractivity contribution >= 4 is 27.7 Å². The van der Waals surface area contributed by atoms with Crippen LogP contribution in [-0.2, 0) is 20.7 Å². The van der Waals surface area contributed by atoms with E-state index in [9.17, 15) is 9.59 Å². The van der Waals surface area contributed by atoms with Crippen molar-refractivity contribution in [3.05, 3.63) is 34.3 Å². The van der Waals surface area contributed by atoms with Crippen molar-refractivity contribution in [3.63, 3.8) is 0 Å². The monoisotopic (exact) mass is 394 g/mol. The quantitative estimate of drug-likeness (QED) is 0.788. The van der Waals surface area contributed by atoms with Crippen molar-refractivity contribution in [2.24, 2.45) is 5.92 Å². The highest BCUT2D eigenvalue weighted by atomic mass is 79.9. The number of benzene rings is 1. The van der Waals surface area contributed by atoms with Gasteiger partial charge in [-0.3, -0.25) is 9.59 Å². The average Bonchev–Trinajstić information content (AvgIpc) is 2.64. The number of halogens is 1. The Balaban J connectivity index is 1.50. The Bertz CT molecular complexity index is 594. The number of morpholine rings is 1. The first kappa shape index (κ1) is 17.4. The maximum atomic E-state index is 12.5. The molecule has 5 nitrogen and oxygen atoms in total. The highest BCUT2D eigenvalue weighted by molar-refractivity contribution is 9.10. The summed E-state index contributed by atoms with van der Waals surface area (Å²) in [6.45, 7) is 4.00. The summed E-state index contributed by atoms with van der Waals surface area (Å²) in [5.74, 6) is 0.422. The van der Waals surface area contributed by atoms with Crippen LogP contribution in [0.5, 0.6) is 0 Å². The molecule has 0 unspecified atom stereocenters. The Morgan fingerprint density at radius 2 is 1.71 bits per heavy atom. The predicted molar refractivity (Wildman–Crippen MR) is 94.5 cm³/mol. The molecule has 2 aliphatic heterocycles. The van der Waals surface area contributed by atoms with Crippen molar-refractivity contribution in [1.29, 1.82) is 0 Å². The SMILES string of the molecule is O=C(Cc1ccccc1Br)N1CCC(C(=O)N2CCOCC2)CC1. The molecular formula is C18H23BrN2O3. The standard InChI is InChI=1S/C18H23BrN2O3/c19-16-4-2-1-3-15(16)13-17(22)20-7-5-14(6-8-20)18(23)21-9-11-24-12-10-21/h1-4,14H,5-13H2. The van der Waals surface area contributed by atoms with E-state index in [1.54, 1.807) is 0 Å². The lowest BCUT2D eigenvalue weighted by atomic mass is 9.94. The van der Waals surface area contributed by atoms with Crippen LogP contribution in [-0.4, -0.2) is 61.0 Å². The minimum absolute atomic E-state index is 0.0515. The lowest BCUT2D eigenvalue weighted by Crippen LogP contribution is -2.47. The molecule has 24 heavy (non-hydrogen) atoms. The Kier molecular flexibility index (Phi) is 5.89. The van der Waals surface area contributed by atoms with Crippen molar-refractivity contribution in [1.82, 2.24) is 9.80 Å². The fourth-order valence-electron chi connectivity index (χ4n) is 3.33. The van der Waals surface area contributed by atoms with Crippen LogP contribution in [0, 0.1) is 5.92 Å². The number of carbonyl (C=O) groups excluding carboxylic acids is 2. The zero-order valence-corrected chi connectivity index (χ0v) is 15.3. The average molecular weight is 395 g/mol. The molecule has 0 N–H and O–H groups in total. The summed E-state index contributed by atoms with van der Waals surface area (Å²) in [4.78, 5) is 28.8. The van der Waals surface area contributed by atoms with Crippen LogP contribution in [0.15, 0.2) is 28.7 Å². The molecule has 130 valence electrons. The van der Waals surface area contributed by atoms with Crippen LogP contribution in [0.3, 0.4) is 0 Å². The summed E-state index contributed by atoms with van der Waals surface area (Å²) < 4.78 is 6.27. The summed E-state index contributed by atoms with van der Waals surface area (Å²) in [5.41, 5.74) is 1.01. The summed E-state index contributed by atoms with van der Waals surface area (Å²) in [5, 5.41) is 0. The number of piperidine rings is 1. The van der Waals surface area contributed by atoms with Gasteiger partial charge in [0.05, 0.1) is 19.6 Å². The number of rotatable bonds is 3. The van der Waals surface area contributed by atoms with Crippen LogP contribution >= 0.6 is 15.9 Å². The number of hydrogen-bond donors (Lipinski definition) is 0. The first-order valence-electron chi connectivity index (χ1n) is 8.53. The van der Waals surface area contributed by atoms with Crippen molar-refractivity contribution in [2.45, 2.75) is 19.3 Å². The zero-order valence-electron chi connectivity index (χ0n) is 13.7. The van der Waals surface area contributed by atoms with Gasteiger partial charge in [0.15, 0.2) is 0 Å². The number of hydrogen-bond acceptors (Lipinski definition) is 3. The van der Waals surface area contributed by atoms with Crippen molar-refractivity contribution in [2.75, 3.05) is 39.4 Å². The molecule has 2 fully saturated rings. The van der Waals surface area contributed by atoms with Gasteiger partial charge in [-0.05, 0) is 24.5 Å². The van der Waals surface area contributed by atoms with Crippen LogP contribution in [0.1, 0.15) is 18.4 Å². The van der Waals surface area contributed by atoms with E-state index in [2.05, 4.69) is 15.9 Å². The second-order valence-electron chi connectivity index (χ2n) is 6.36. The van der Waals surface area contributed by atoms with Gasteiger partial charge in [0.2, 0.25) is 11.8 Å². The highest BCUT2D eigenvalue weighted by Gasteiger charge is 2.30. The third-order valence-electron chi connectivity index (χ3n) is 4.82. The first-order valence-corrected chi connectivity index (χ1v) is 9.32. The summed E-state index contributed by atoms with van der Waals surface area (Å²) >= 11 is 3.49. The molecule has 0 radical (unpaired) electrons. The van der Waals surface area contributed by atoms with E-state index in [-0.39, 0.29) is 17.7 Å². The molecule has 0 aliphatic carbocycles. The van der Waals surface area contributed by atoms with Gasteiger partial charge in [-0.1, -0.05) is 34.1 Å². The molecule has 0 spiro atoms. The molecule has 2 aliphatic rings. The Morgan fingerprint density at radius 3 is 2.38 bits per heavy atom. The maximum absolute atomic E-state index is 12.5. The molecule has 0 atom stereocenters. The Hall–Kier alpha value is -1.40. The molecule has 6 heteroatoms. The van der Waals surface area contributed by atoms with Gasteiger partial charge < -0.3 is 14.5 Å². The van der Waals surface area contributed by atoms with Crippen LogP contribution in [0.4, 0.5) is 0 Å². The van der Waals surface area contributed by atoms with E-state index < -0.39 is 0 Å². The second-order valence-corrected chi connectivity index (χ2v) is 7.22. The molecule has 2 amide bonds. The molecule has 1 aromatic carbocycles. The van der Waals surface area contributed by atoms with E-state index >= 15 is 0 Å². The smallest absolute Gasteiger partial charge is 0.227 e. The minimum Gasteiger partial charge on any atom is -0.378 e. The first-order chi connectivity index (χ1) is 11.6. The van der Waals surface area contributed by atoms with Crippen LogP contribution in [0.25, 0.3) is 0 Å². The minimum atomic E-state index is 0.0515. The zero-order chi connectivity index (χ0) is 16.9. The van der Waals surface area contributed by atoms with Gasteiger partial charge in [0, 0.05) is 36.6 Å². The van der Waals surface area contributed by atoms with Gasteiger partial charge in [0.1, 0.15) is 0 Å². The van der Waals surface area contributed by atoms with Gasteiger partial charge in [-0.2, -0.15) is 0 Å². The van der Waals surface area contributed by atoms with E-state index in [1.807, 2.05) is 34.1 Å². The summed E-state index contributed by atoms with van der Waals surface area (Å²) in [6.07, 6.45) is 1.93. The third kappa shape index (κ3) is 4.16. The Morgan fingerprint density at radius 1 is 1.04 bits per heavy atom. The number of ether oxygens (including phenoxy) is 1. The third-order valence-corrected chi connectivity index (χ3v) is 5.59. The lowest BCUT2D eigenvalue weighted by molar-refractivity contribution is -0.143. The molecule has 0 bridgehead atoms. The lowest BCUT2D eigenvalue weighted by Gasteiger charge is -2.35. The molecule has 0 saturated carbocycles. The van der Waals surface area contributed by atoms with Crippen LogP contribution in [0.2, 0.25) is 0 Å². The van der Waals surface area contributed by atoms with Crippen LogP contribution < -0.4 is 0 Å². The predicted octanol–water partition coefficient (Wildman–Crippen LogP) is 2.09. The second kappa shape index (κ2) is 8.12.